The molecule has 0 radical (unpaired) electrons. The highest BCUT2D eigenvalue weighted by Crippen LogP contribution is 2.33. The molecule has 2 aromatic heterocycles. The number of benzene rings is 1. The van der Waals surface area contributed by atoms with E-state index in [1.165, 1.54) is 0 Å². The van der Waals surface area contributed by atoms with Gasteiger partial charge in [0, 0.05) is 23.9 Å². The van der Waals surface area contributed by atoms with Crippen molar-refractivity contribution in [1.29, 1.82) is 0 Å². The number of nitrogens with one attached hydrogen (secondary N) is 2. The Morgan fingerprint density at radius 2 is 2.12 bits per heavy atom. The zero-order valence-electron chi connectivity index (χ0n) is 13.1. The highest BCUT2D eigenvalue weighted by molar-refractivity contribution is 7.99. The lowest BCUT2D eigenvalue weighted by atomic mass is 10.1. The van der Waals surface area contributed by atoms with Gasteiger partial charge >= 0.3 is 6.18 Å². The number of carbonyl (C=O) groups excluding carboxylic acids is 1. The Morgan fingerprint density at radius 3 is 2.85 bits per heavy atom. The van der Waals surface area contributed by atoms with E-state index in [9.17, 15) is 18.0 Å². The fourth-order valence-electron chi connectivity index (χ4n) is 2.25. The predicted octanol–water partition coefficient (Wildman–Crippen LogP) is 4.15. The molecule has 136 valence electrons. The van der Waals surface area contributed by atoms with E-state index in [1.54, 1.807) is 18.3 Å². The summed E-state index contributed by atoms with van der Waals surface area (Å²) in [6.45, 7) is 0.299. The molecule has 1 aromatic carbocycles. The Bertz CT molecular complexity index is 945. The van der Waals surface area contributed by atoms with Crippen LogP contribution in [-0.2, 0) is 6.18 Å². The van der Waals surface area contributed by atoms with Crippen LogP contribution in [0, 0.1) is 0 Å². The van der Waals surface area contributed by atoms with Gasteiger partial charge in [-0.05, 0) is 12.1 Å². The van der Waals surface area contributed by atoms with Gasteiger partial charge in [-0.3, -0.25) is 9.89 Å². The molecule has 10 heteroatoms. The van der Waals surface area contributed by atoms with Crippen LogP contribution in [-0.4, -0.2) is 33.4 Å². The zero-order chi connectivity index (χ0) is 18.7. The number of thioether (sulfide) groups is 1. The van der Waals surface area contributed by atoms with E-state index in [0.717, 1.165) is 29.4 Å². The van der Waals surface area contributed by atoms with Crippen molar-refractivity contribution in [1.82, 2.24) is 20.5 Å². The molecule has 3 rings (SSSR count). The summed E-state index contributed by atoms with van der Waals surface area (Å²) < 4.78 is 37.8. The first kappa shape index (κ1) is 18.5. The molecule has 2 N–H and O–H groups in total. The molecule has 0 aliphatic rings. The molecule has 0 aliphatic carbocycles. The first-order valence-electron chi connectivity index (χ1n) is 7.42. The van der Waals surface area contributed by atoms with Crippen LogP contribution in [0.2, 0.25) is 5.02 Å². The molecule has 5 nitrogen and oxygen atoms in total. The van der Waals surface area contributed by atoms with Crippen molar-refractivity contribution >= 4 is 40.2 Å². The van der Waals surface area contributed by atoms with E-state index in [2.05, 4.69) is 20.5 Å². The molecule has 0 saturated heterocycles. The zero-order valence-corrected chi connectivity index (χ0v) is 14.7. The van der Waals surface area contributed by atoms with Crippen molar-refractivity contribution in [3.8, 4) is 0 Å². The number of H-pyrrole nitrogens is 1. The van der Waals surface area contributed by atoms with Crippen molar-refractivity contribution in [2.45, 2.75) is 11.2 Å². The molecule has 0 bridgehead atoms. The third-order valence-electron chi connectivity index (χ3n) is 3.48. The number of rotatable bonds is 5. The predicted molar refractivity (Wildman–Crippen MR) is 93.4 cm³/mol. The molecule has 0 fully saturated rings. The van der Waals surface area contributed by atoms with Crippen molar-refractivity contribution in [2.75, 3.05) is 12.3 Å². The van der Waals surface area contributed by atoms with Gasteiger partial charge in [0.2, 0.25) is 0 Å². The molecular formula is C16H12ClF3N4OS. The summed E-state index contributed by atoms with van der Waals surface area (Å²) in [5.41, 5.74) is 0.216. The summed E-state index contributed by atoms with van der Waals surface area (Å²) in [4.78, 5) is 16.0. The summed E-state index contributed by atoms with van der Waals surface area (Å²) >= 11 is 7.01. The second kappa shape index (κ2) is 7.55. The number of pyridine rings is 1. The lowest BCUT2D eigenvalue weighted by molar-refractivity contribution is -0.137. The largest absolute Gasteiger partial charge is 0.417 e. The van der Waals surface area contributed by atoms with E-state index in [1.807, 2.05) is 6.07 Å². The summed E-state index contributed by atoms with van der Waals surface area (Å²) in [5.74, 6) is 0.134. The second-order valence-electron chi connectivity index (χ2n) is 5.25. The number of hydrogen-bond donors (Lipinski definition) is 2. The number of halogens is 4. The minimum Gasteiger partial charge on any atom is -0.351 e. The van der Waals surface area contributed by atoms with Gasteiger partial charge in [0.1, 0.15) is 5.03 Å². The van der Waals surface area contributed by atoms with Crippen molar-refractivity contribution in [2.24, 2.45) is 0 Å². The van der Waals surface area contributed by atoms with Crippen molar-refractivity contribution < 1.29 is 18.0 Å². The van der Waals surface area contributed by atoms with Crippen molar-refractivity contribution in [3.63, 3.8) is 0 Å². The second-order valence-corrected chi connectivity index (χ2v) is 6.74. The average Bonchev–Trinajstić information content (AvgIpc) is 3.07. The Hall–Kier alpha value is -2.26. The van der Waals surface area contributed by atoms with Crippen LogP contribution >= 0.6 is 23.4 Å². The smallest absolute Gasteiger partial charge is 0.351 e. The van der Waals surface area contributed by atoms with Gasteiger partial charge in [-0.15, -0.1) is 11.8 Å². The third kappa shape index (κ3) is 4.10. The van der Waals surface area contributed by atoms with Gasteiger partial charge < -0.3 is 5.32 Å². The van der Waals surface area contributed by atoms with Gasteiger partial charge in [0.05, 0.1) is 27.9 Å². The first-order valence-corrected chi connectivity index (χ1v) is 8.78. The molecule has 1 amide bonds. The fourth-order valence-corrected chi connectivity index (χ4v) is 3.30. The van der Waals surface area contributed by atoms with E-state index >= 15 is 0 Å². The normalized spacial score (nSPS) is 11.7. The minimum absolute atomic E-state index is 0.0709. The number of carbonyl (C=O) groups is 1. The Morgan fingerprint density at radius 1 is 1.31 bits per heavy atom. The lowest BCUT2D eigenvalue weighted by Gasteiger charge is -2.09. The summed E-state index contributed by atoms with van der Waals surface area (Å²) in [6.07, 6.45) is -2.12. The fraction of sp³-hybridized carbons (Fsp3) is 0.188. The third-order valence-corrected chi connectivity index (χ3v) is 4.89. The van der Waals surface area contributed by atoms with E-state index in [-0.39, 0.29) is 16.0 Å². The standard InChI is InChI=1S/C16H12ClF3N4OS/c17-12-6-10(16(18,19)20)8-22-15(12)26-5-4-21-14(25)11-3-1-2-9-7-23-24-13(9)11/h1-3,6-8H,4-5H2,(H,21,25)(H,23,24). The maximum atomic E-state index is 12.6. The monoisotopic (exact) mass is 400 g/mol. The van der Waals surface area contributed by atoms with Crippen LogP contribution in [0.15, 0.2) is 41.7 Å². The lowest BCUT2D eigenvalue weighted by Crippen LogP contribution is -2.26. The Balaban J connectivity index is 1.56. The quantitative estimate of drug-likeness (QED) is 0.498. The van der Waals surface area contributed by atoms with Gasteiger partial charge in [-0.25, -0.2) is 4.98 Å². The van der Waals surface area contributed by atoms with Crippen LogP contribution in [0.1, 0.15) is 15.9 Å². The molecule has 2 heterocycles. The SMILES string of the molecule is O=C(NCCSc1ncc(C(F)(F)F)cc1Cl)c1cccc2cn[nH]c12. The van der Waals surface area contributed by atoms with E-state index in [4.69, 9.17) is 11.6 Å². The summed E-state index contributed by atoms with van der Waals surface area (Å²) in [5, 5.41) is 10.5. The van der Waals surface area contributed by atoms with E-state index < -0.39 is 11.7 Å². The minimum atomic E-state index is -4.48. The van der Waals surface area contributed by atoms with Gasteiger partial charge in [-0.1, -0.05) is 23.7 Å². The first-order chi connectivity index (χ1) is 12.4. The number of para-hydroxylation sites is 1. The molecule has 0 saturated carbocycles. The van der Waals surface area contributed by atoms with Crippen LogP contribution in [0.3, 0.4) is 0 Å². The van der Waals surface area contributed by atoms with Crippen LogP contribution in [0.4, 0.5) is 13.2 Å². The van der Waals surface area contributed by atoms with Gasteiger partial charge in [0.25, 0.3) is 5.91 Å². The highest BCUT2D eigenvalue weighted by Gasteiger charge is 2.31. The molecule has 0 unspecified atom stereocenters. The van der Waals surface area contributed by atoms with Crippen LogP contribution in [0.25, 0.3) is 10.9 Å². The van der Waals surface area contributed by atoms with E-state index in [0.29, 0.717) is 23.4 Å². The number of hydrogen-bond acceptors (Lipinski definition) is 4. The summed E-state index contributed by atoms with van der Waals surface area (Å²) in [6, 6.07) is 6.11. The number of aromatic nitrogens is 3. The summed E-state index contributed by atoms with van der Waals surface area (Å²) in [7, 11) is 0. The number of fused-ring (bicyclic) bond motifs is 1. The number of amides is 1. The Kier molecular flexibility index (Phi) is 5.38. The van der Waals surface area contributed by atoms with Crippen molar-refractivity contribution in [3.05, 3.63) is 52.8 Å². The maximum Gasteiger partial charge on any atom is 0.417 e. The average molecular weight is 401 g/mol. The highest BCUT2D eigenvalue weighted by atomic mass is 35.5. The van der Waals surface area contributed by atoms with Crippen LogP contribution in [0.5, 0.6) is 0 Å². The van der Waals surface area contributed by atoms with Gasteiger partial charge in [-0.2, -0.15) is 18.3 Å². The number of aromatic amines is 1. The topological polar surface area (TPSA) is 70.7 Å². The Labute approximate surface area is 155 Å². The van der Waals surface area contributed by atoms with Gasteiger partial charge in [0.15, 0.2) is 0 Å². The molecule has 0 aliphatic heterocycles. The molecule has 26 heavy (non-hydrogen) atoms. The molecule has 0 atom stereocenters. The number of alkyl halides is 3. The number of nitrogens with zero attached hydrogens (tertiary/aromatic N) is 2. The van der Waals surface area contributed by atoms with Crippen LogP contribution < -0.4 is 5.32 Å². The molecule has 0 spiro atoms. The molecular weight excluding hydrogens is 389 g/mol. The maximum absolute atomic E-state index is 12.6. The molecule has 3 aromatic rings.